The average Bonchev–Trinajstić information content (AvgIpc) is 3.01. The van der Waals surface area contributed by atoms with Gasteiger partial charge in [0.2, 0.25) is 0 Å². The van der Waals surface area contributed by atoms with Crippen LogP contribution < -0.4 is 5.32 Å². The highest BCUT2D eigenvalue weighted by molar-refractivity contribution is 5.94. The highest BCUT2D eigenvalue weighted by Crippen LogP contribution is 2.15. The summed E-state index contributed by atoms with van der Waals surface area (Å²) in [5.74, 6) is -0.108. The second-order valence-corrected chi connectivity index (χ2v) is 5.74. The number of benzene rings is 1. The maximum Gasteiger partial charge on any atom is 0.251 e. The Morgan fingerprint density at radius 1 is 1.36 bits per heavy atom. The first-order valence-electron chi connectivity index (χ1n) is 7.56. The molecule has 0 radical (unpaired) electrons. The summed E-state index contributed by atoms with van der Waals surface area (Å²) in [6.45, 7) is 4.70. The molecule has 0 spiro atoms. The number of rotatable bonds is 7. The van der Waals surface area contributed by atoms with Crippen LogP contribution in [-0.2, 0) is 6.54 Å². The summed E-state index contributed by atoms with van der Waals surface area (Å²) in [4.78, 5) is 12.3. The molecule has 1 aromatic carbocycles. The molecule has 1 aromatic heterocycles. The van der Waals surface area contributed by atoms with Gasteiger partial charge in [-0.1, -0.05) is 19.1 Å². The van der Waals surface area contributed by atoms with E-state index in [1.165, 1.54) is 0 Å². The van der Waals surface area contributed by atoms with E-state index >= 15 is 0 Å². The van der Waals surface area contributed by atoms with Crippen LogP contribution >= 0.6 is 0 Å². The predicted molar refractivity (Wildman–Crippen MR) is 85.6 cm³/mol. The van der Waals surface area contributed by atoms with Gasteiger partial charge in [0, 0.05) is 30.1 Å². The maximum absolute atomic E-state index is 12.3. The van der Waals surface area contributed by atoms with Gasteiger partial charge in [-0.2, -0.15) is 5.10 Å². The van der Waals surface area contributed by atoms with Gasteiger partial charge in [0.25, 0.3) is 5.91 Å². The Labute approximate surface area is 131 Å². The fourth-order valence-electron chi connectivity index (χ4n) is 2.26. The van der Waals surface area contributed by atoms with Gasteiger partial charge in [0.15, 0.2) is 0 Å². The van der Waals surface area contributed by atoms with Gasteiger partial charge < -0.3 is 10.4 Å². The minimum Gasteiger partial charge on any atom is -0.396 e. The number of hydrogen-bond donors (Lipinski definition) is 2. The van der Waals surface area contributed by atoms with E-state index in [2.05, 4.69) is 10.4 Å². The fourth-order valence-corrected chi connectivity index (χ4v) is 2.26. The van der Waals surface area contributed by atoms with E-state index in [-0.39, 0.29) is 18.1 Å². The van der Waals surface area contributed by atoms with Gasteiger partial charge in [-0.25, -0.2) is 0 Å². The lowest BCUT2D eigenvalue weighted by molar-refractivity contribution is 0.0886. The van der Waals surface area contributed by atoms with Crippen molar-refractivity contribution in [2.75, 3.05) is 6.61 Å². The van der Waals surface area contributed by atoms with Crippen LogP contribution in [0.25, 0.3) is 0 Å². The summed E-state index contributed by atoms with van der Waals surface area (Å²) in [6, 6.07) is 9.40. The quantitative estimate of drug-likeness (QED) is 0.824. The summed E-state index contributed by atoms with van der Waals surface area (Å²) in [5.41, 5.74) is 1.34. The third kappa shape index (κ3) is 4.18. The van der Waals surface area contributed by atoms with Crippen molar-refractivity contribution in [3.8, 4) is 0 Å². The molecule has 0 aliphatic heterocycles. The molecular weight excluding hydrogens is 278 g/mol. The molecule has 1 unspecified atom stereocenters. The molecule has 5 heteroatoms. The first-order chi connectivity index (χ1) is 10.6. The lowest BCUT2D eigenvalue weighted by atomic mass is 9.94. The fraction of sp³-hybridized carbons (Fsp3) is 0.412. The SMILES string of the molecule is CCC(C)(CCO)NC(=O)c1ccc(Cn2cccn2)cc1. The van der Waals surface area contributed by atoms with Crippen LogP contribution in [0.15, 0.2) is 42.7 Å². The molecule has 2 N–H and O–H groups in total. The second-order valence-electron chi connectivity index (χ2n) is 5.74. The number of nitrogens with zero attached hydrogens (tertiary/aromatic N) is 2. The summed E-state index contributed by atoms with van der Waals surface area (Å²) in [6.07, 6.45) is 4.97. The van der Waals surface area contributed by atoms with Crippen molar-refractivity contribution in [1.29, 1.82) is 0 Å². The van der Waals surface area contributed by atoms with Gasteiger partial charge in [-0.15, -0.1) is 0 Å². The van der Waals surface area contributed by atoms with Gasteiger partial charge in [0.05, 0.1) is 6.54 Å². The normalized spacial score (nSPS) is 13.6. The molecule has 1 atom stereocenters. The Hall–Kier alpha value is -2.14. The highest BCUT2D eigenvalue weighted by Gasteiger charge is 2.24. The van der Waals surface area contributed by atoms with Gasteiger partial charge in [0.1, 0.15) is 0 Å². The number of aliphatic hydroxyl groups is 1. The molecule has 0 bridgehead atoms. The molecule has 1 heterocycles. The van der Waals surface area contributed by atoms with Crippen molar-refractivity contribution in [1.82, 2.24) is 15.1 Å². The molecule has 0 saturated heterocycles. The van der Waals surface area contributed by atoms with Gasteiger partial charge >= 0.3 is 0 Å². The Morgan fingerprint density at radius 2 is 2.09 bits per heavy atom. The van der Waals surface area contributed by atoms with Crippen LogP contribution in [0.5, 0.6) is 0 Å². The molecule has 0 aliphatic carbocycles. The molecule has 2 aromatic rings. The zero-order chi connectivity index (χ0) is 16.0. The van der Waals surface area contributed by atoms with E-state index in [9.17, 15) is 4.79 Å². The lowest BCUT2D eigenvalue weighted by Crippen LogP contribution is -2.46. The van der Waals surface area contributed by atoms with Crippen LogP contribution in [0.2, 0.25) is 0 Å². The van der Waals surface area contributed by atoms with E-state index in [1.54, 1.807) is 6.20 Å². The molecule has 1 amide bonds. The Kier molecular flexibility index (Phi) is 5.33. The van der Waals surface area contributed by atoms with Crippen LogP contribution in [0.4, 0.5) is 0 Å². The lowest BCUT2D eigenvalue weighted by Gasteiger charge is -2.29. The first-order valence-corrected chi connectivity index (χ1v) is 7.56. The van der Waals surface area contributed by atoms with E-state index in [0.29, 0.717) is 18.5 Å². The molecule has 22 heavy (non-hydrogen) atoms. The van der Waals surface area contributed by atoms with Crippen LogP contribution in [0.1, 0.15) is 42.6 Å². The highest BCUT2D eigenvalue weighted by atomic mass is 16.3. The summed E-state index contributed by atoms with van der Waals surface area (Å²) >= 11 is 0. The van der Waals surface area contributed by atoms with Crippen LogP contribution in [0.3, 0.4) is 0 Å². The number of amides is 1. The summed E-state index contributed by atoms with van der Waals surface area (Å²) in [7, 11) is 0. The molecule has 0 fully saturated rings. The predicted octanol–water partition coefficient (Wildman–Crippen LogP) is 2.21. The number of aliphatic hydroxyl groups excluding tert-OH is 1. The molecule has 2 rings (SSSR count). The topological polar surface area (TPSA) is 67.2 Å². The average molecular weight is 301 g/mol. The van der Waals surface area contributed by atoms with Crippen molar-refractivity contribution < 1.29 is 9.90 Å². The standard InChI is InChI=1S/C17H23N3O2/c1-3-17(2,9-12-21)19-16(22)15-7-5-14(6-8-15)13-20-11-4-10-18-20/h4-8,10-11,21H,3,9,12-13H2,1-2H3,(H,19,22). The monoisotopic (exact) mass is 301 g/mol. The van der Waals surface area contributed by atoms with Gasteiger partial charge in [-0.05, 0) is 43.5 Å². The molecule has 0 saturated carbocycles. The van der Waals surface area contributed by atoms with E-state index in [0.717, 1.165) is 12.0 Å². The van der Waals surface area contributed by atoms with Crippen molar-refractivity contribution in [3.05, 3.63) is 53.9 Å². The minimum atomic E-state index is -0.375. The van der Waals surface area contributed by atoms with Crippen molar-refractivity contribution in [2.45, 2.75) is 38.8 Å². The molecule has 118 valence electrons. The zero-order valence-corrected chi connectivity index (χ0v) is 13.1. The Morgan fingerprint density at radius 3 is 2.64 bits per heavy atom. The second kappa shape index (κ2) is 7.22. The molecule has 5 nitrogen and oxygen atoms in total. The number of carbonyl (C=O) groups is 1. The summed E-state index contributed by atoms with van der Waals surface area (Å²) in [5, 5.41) is 16.3. The van der Waals surface area contributed by atoms with Crippen LogP contribution in [0, 0.1) is 0 Å². The van der Waals surface area contributed by atoms with Crippen molar-refractivity contribution in [2.24, 2.45) is 0 Å². The van der Waals surface area contributed by atoms with E-state index in [4.69, 9.17) is 5.11 Å². The third-order valence-electron chi connectivity index (χ3n) is 3.98. The number of hydrogen-bond acceptors (Lipinski definition) is 3. The number of carbonyl (C=O) groups excluding carboxylic acids is 1. The molecule has 0 aliphatic rings. The van der Waals surface area contributed by atoms with Crippen molar-refractivity contribution in [3.63, 3.8) is 0 Å². The molecular formula is C17H23N3O2. The minimum absolute atomic E-state index is 0.0629. The van der Waals surface area contributed by atoms with E-state index in [1.807, 2.05) is 55.1 Å². The van der Waals surface area contributed by atoms with E-state index < -0.39 is 0 Å². The Balaban J connectivity index is 2.01. The van der Waals surface area contributed by atoms with Gasteiger partial charge in [-0.3, -0.25) is 9.48 Å². The summed E-state index contributed by atoms with van der Waals surface area (Å²) < 4.78 is 1.84. The Bertz CT molecular complexity index is 593. The number of aromatic nitrogens is 2. The third-order valence-corrected chi connectivity index (χ3v) is 3.98. The van der Waals surface area contributed by atoms with Crippen LogP contribution in [-0.4, -0.2) is 32.9 Å². The first kappa shape index (κ1) is 16.2. The largest absolute Gasteiger partial charge is 0.396 e. The van der Waals surface area contributed by atoms with Crippen molar-refractivity contribution >= 4 is 5.91 Å². The number of nitrogens with one attached hydrogen (secondary N) is 1. The maximum atomic E-state index is 12.3. The zero-order valence-electron chi connectivity index (χ0n) is 13.1. The smallest absolute Gasteiger partial charge is 0.251 e.